The van der Waals surface area contributed by atoms with Crippen molar-refractivity contribution in [2.24, 2.45) is 11.8 Å². The Kier molecular flexibility index (Phi) is 7.38. The molecule has 0 aliphatic carbocycles. The molecule has 0 aromatic heterocycles. The molecular weight excluding hydrogens is 318 g/mol. The van der Waals surface area contributed by atoms with Gasteiger partial charge in [0.25, 0.3) is 0 Å². The van der Waals surface area contributed by atoms with E-state index in [2.05, 4.69) is 48.1 Å². The molecule has 1 unspecified atom stereocenters. The van der Waals surface area contributed by atoms with Crippen LogP contribution in [0.1, 0.15) is 33.3 Å². The molecule has 0 aliphatic rings. The number of rotatable bonds is 8. The molecule has 114 valence electrons. The van der Waals surface area contributed by atoms with Crippen molar-refractivity contribution in [1.82, 2.24) is 5.32 Å². The van der Waals surface area contributed by atoms with Crippen LogP contribution in [0.2, 0.25) is 0 Å². The average molecular weight is 344 g/mol. The zero-order valence-electron chi connectivity index (χ0n) is 13.1. The predicted molar refractivity (Wildman–Crippen MR) is 87.6 cm³/mol. The van der Waals surface area contributed by atoms with Gasteiger partial charge in [0.2, 0.25) is 0 Å². The van der Waals surface area contributed by atoms with Crippen LogP contribution < -0.4 is 14.8 Å². The summed E-state index contributed by atoms with van der Waals surface area (Å²) < 4.78 is 11.9. The fourth-order valence-corrected chi connectivity index (χ4v) is 2.44. The summed E-state index contributed by atoms with van der Waals surface area (Å²) in [5.74, 6) is 2.91. The van der Waals surface area contributed by atoms with E-state index < -0.39 is 0 Å². The predicted octanol–water partition coefficient (Wildman–Crippen LogP) is 4.24. The minimum absolute atomic E-state index is 0.623. The van der Waals surface area contributed by atoms with Gasteiger partial charge in [0.15, 0.2) is 11.5 Å². The number of hydrogen-bond acceptors (Lipinski definition) is 3. The molecule has 0 bridgehead atoms. The van der Waals surface area contributed by atoms with Gasteiger partial charge >= 0.3 is 0 Å². The van der Waals surface area contributed by atoms with E-state index in [9.17, 15) is 0 Å². The Labute approximate surface area is 131 Å². The summed E-state index contributed by atoms with van der Waals surface area (Å²) in [5, 5.41) is 3.50. The molecule has 0 heterocycles. The molecule has 20 heavy (non-hydrogen) atoms. The fourth-order valence-electron chi connectivity index (χ4n) is 1.84. The van der Waals surface area contributed by atoms with Gasteiger partial charge in [0, 0.05) is 6.54 Å². The van der Waals surface area contributed by atoms with Crippen LogP contribution in [0.4, 0.5) is 0 Å². The van der Waals surface area contributed by atoms with E-state index in [1.807, 2.05) is 13.0 Å². The van der Waals surface area contributed by atoms with Crippen molar-refractivity contribution in [3.63, 3.8) is 0 Å². The SMILES string of the molecule is CCOc1c(Br)cc(CNCC(C)C(C)C)cc1OC. The minimum atomic E-state index is 0.623. The first kappa shape index (κ1) is 17.3. The Morgan fingerprint density at radius 3 is 2.50 bits per heavy atom. The van der Waals surface area contributed by atoms with Gasteiger partial charge < -0.3 is 14.8 Å². The number of benzene rings is 1. The van der Waals surface area contributed by atoms with Gasteiger partial charge in [-0.15, -0.1) is 0 Å². The third-order valence-corrected chi connectivity index (χ3v) is 4.10. The van der Waals surface area contributed by atoms with Crippen molar-refractivity contribution in [3.8, 4) is 11.5 Å². The molecule has 0 amide bonds. The smallest absolute Gasteiger partial charge is 0.175 e. The van der Waals surface area contributed by atoms with Crippen molar-refractivity contribution in [2.75, 3.05) is 20.3 Å². The van der Waals surface area contributed by atoms with Crippen molar-refractivity contribution in [3.05, 3.63) is 22.2 Å². The third-order valence-electron chi connectivity index (χ3n) is 3.51. The molecule has 1 atom stereocenters. The summed E-state index contributed by atoms with van der Waals surface area (Å²) in [6.45, 7) is 11.2. The first-order valence-electron chi connectivity index (χ1n) is 7.19. The van der Waals surface area contributed by atoms with Crippen LogP contribution in [0.3, 0.4) is 0 Å². The van der Waals surface area contributed by atoms with Gasteiger partial charge in [-0.25, -0.2) is 0 Å². The Bertz CT molecular complexity index is 421. The molecule has 4 heteroatoms. The summed E-state index contributed by atoms with van der Waals surface area (Å²) in [6.07, 6.45) is 0. The maximum Gasteiger partial charge on any atom is 0.175 e. The molecule has 0 spiro atoms. The van der Waals surface area contributed by atoms with Gasteiger partial charge in [0.1, 0.15) is 0 Å². The number of ether oxygens (including phenoxy) is 2. The topological polar surface area (TPSA) is 30.5 Å². The molecule has 0 saturated carbocycles. The van der Waals surface area contributed by atoms with Gasteiger partial charge in [-0.1, -0.05) is 20.8 Å². The summed E-state index contributed by atoms with van der Waals surface area (Å²) in [5.41, 5.74) is 1.19. The minimum Gasteiger partial charge on any atom is -0.493 e. The highest BCUT2D eigenvalue weighted by Crippen LogP contribution is 2.36. The van der Waals surface area contributed by atoms with Gasteiger partial charge in [-0.3, -0.25) is 0 Å². The van der Waals surface area contributed by atoms with E-state index in [1.165, 1.54) is 5.56 Å². The molecule has 1 aromatic rings. The molecular formula is C16H26BrNO2. The van der Waals surface area contributed by atoms with Crippen LogP contribution in [-0.4, -0.2) is 20.3 Å². The van der Waals surface area contributed by atoms with Crippen molar-refractivity contribution in [1.29, 1.82) is 0 Å². The van der Waals surface area contributed by atoms with Crippen LogP contribution in [0, 0.1) is 11.8 Å². The van der Waals surface area contributed by atoms with Crippen LogP contribution in [0.25, 0.3) is 0 Å². The lowest BCUT2D eigenvalue weighted by atomic mass is 9.98. The molecule has 1 aromatic carbocycles. The van der Waals surface area contributed by atoms with Crippen LogP contribution in [-0.2, 0) is 6.54 Å². The van der Waals surface area contributed by atoms with Gasteiger partial charge in [0.05, 0.1) is 18.2 Å². The second kappa shape index (κ2) is 8.53. The number of hydrogen-bond donors (Lipinski definition) is 1. The zero-order chi connectivity index (χ0) is 15.1. The maximum atomic E-state index is 5.60. The molecule has 3 nitrogen and oxygen atoms in total. The van der Waals surface area contributed by atoms with Crippen LogP contribution >= 0.6 is 15.9 Å². The number of halogens is 1. The van der Waals surface area contributed by atoms with Crippen molar-refractivity contribution < 1.29 is 9.47 Å². The second-order valence-corrected chi connectivity index (χ2v) is 6.25. The highest BCUT2D eigenvalue weighted by atomic mass is 79.9. The number of methoxy groups -OCH3 is 1. The first-order chi connectivity index (χ1) is 9.49. The van der Waals surface area contributed by atoms with Crippen LogP contribution in [0.15, 0.2) is 16.6 Å². The highest BCUT2D eigenvalue weighted by Gasteiger charge is 2.12. The Morgan fingerprint density at radius 2 is 1.95 bits per heavy atom. The Morgan fingerprint density at radius 1 is 1.25 bits per heavy atom. The third kappa shape index (κ3) is 4.98. The summed E-state index contributed by atoms with van der Waals surface area (Å²) in [6, 6.07) is 4.11. The average Bonchev–Trinajstić information content (AvgIpc) is 2.41. The quantitative estimate of drug-likeness (QED) is 0.765. The lowest BCUT2D eigenvalue weighted by molar-refractivity contribution is 0.308. The first-order valence-corrected chi connectivity index (χ1v) is 7.98. The summed E-state index contributed by atoms with van der Waals surface area (Å²) in [4.78, 5) is 0. The maximum absolute atomic E-state index is 5.60. The molecule has 0 aliphatic heterocycles. The fraction of sp³-hybridized carbons (Fsp3) is 0.625. The standard InChI is InChI=1S/C16H26BrNO2/c1-6-20-16-14(17)7-13(8-15(16)19-5)10-18-9-12(4)11(2)3/h7-8,11-12,18H,6,9-10H2,1-5H3. The van der Waals surface area contributed by atoms with Crippen molar-refractivity contribution >= 4 is 15.9 Å². The van der Waals surface area contributed by atoms with E-state index in [-0.39, 0.29) is 0 Å². The van der Waals surface area contributed by atoms with E-state index in [0.29, 0.717) is 18.4 Å². The van der Waals surface area contributed by atoms with E-state index in [1.54, 1.807) is 7.11 Å². The van der Waals surface area contributed by atoms with E-state index in [0.717, 1.165) is 29.1 Å². The molecule has 1 N–H and O–H groups in total. The highest BCUT2D eigenvalue weighted by molar-refractivity contribution is 9.10. The molecule has 0 saturated heterocycles. The lowest BCUT2D eigenvalue weighted by Crippen LogP contribution is -2.23. The van der Waals surface area contributed by atoms with E-state index >= 15 is 0 Å². The molecule has 1 rings (SSSR count). The largest absolute Gasteiger partial charge is 0.493 e. The molecule has 0 fully saturated rings. The van der Waals surface area contributed by atoms with Gasteiger partial charge in [-0.05, 0) is 58.9 Å². The number of nitrogens with one attached hydrogen (secondary N) is 1. The van der Waals surface area contributed by atoms with Gasteiger partial charge in [-0.2, -0.15) is 0 Å². The lowest BCUT2D eigenvalue weighted by Gasteiger charge is -2.17. The zero-order valence-corrected chi connectivity index (χ0v) is 14.7. The van der Waals surface area contributed by atoms with Crippen molar-refractivity contribution in [2.45, 2.75) is 34.2 Å². The monoisotopic (exact) mass is 343 g/mol. The normalized spacial score (nSPS) is 12.6. The molecule has 0 radical (unpaired) electrons. The van der Waals surface area contributed by atoms with Crippen LogP contribution in [0.5, 0.6) is 11.5 Å². The summed E-state index contributed by atoms with van der Waals surface area (Å²) >= 11 is 3.55. The summed E-state index contributed by atoms with van der Waals surface area (Å²) in [7, 11) is 1.67. The Balaban J connectivity index is 2.70. The second-order valence-electron chi connectivity index (χ2n) is 5.39. The van der Waals surface area contributed by atoms with E-state index in [4.69, 9.17) is 9.47 Å². The Hall–Kier alpha value is -0.740.